The van der Waals surface area contributed by atoms with E-state index in [1.165, 1.54) is 14.0 Å². The van der Waals surface area contributed by atoms with E-state index >= 15 is 0 Å². The third-order valence-electron chi connectivity index (χ3n) is 3.01. The summed E-state index contributed by atoms with van der Waals surface area (Å²) < 4.78 is 15.6. The highest BCUT2D eigenvalue weighted by molar-refractivity contribution is 5.97. The van der Waals surface area contributed by atoms with Crippen LogP contribution in [0.3, 0.4) is 0 Å². The Balaban J connectivity index is 2.98. The van der Waals surface area contributed by atoms with Crippen molar-refractivity contribution in [3.63, 3.8) is 0 Å². The van der Waals surface area contributed by atoms with E-state index in [2.05, 4.69) is 4.74 Å². The van der Waals surface area contributed by atoms with Gasteiger partial charge in [-0.2, -0.15) is 0 Å². The smallest absolute Gasteiger partial charge is 0.316 e. The highest BCUT2D eigenvalue weighted by Gasteiger charge is 2.25. The first-order chi connectivity index (χ1) is 9.88. The Bertz CT molecular complexity index is 507. The van der Waals surface area contributed by atoms with Crippen LogP contribution in [0.2, 0.25) is 0 Å². The molecular formula is C16H22O5. The molecule has 0 N–H and O–H groups in total. The lowest BCUT2D eigenvalue weighted by molar-refractivity contribution is -0.148. The Morgan fingerprint density at radius 3 is 2.29 bits per heavy atom. The van der Waals surface area contributed by atoms with Crippen LogP contribution >= 0.6 is 0 Å². The van der Waals surface area contributed by atoms with Gasteiger partial charge in [0.15, 0.2) is 11.5 Å². The molecule has 0 saturated carbocycles. The molecule has 5 heteroatoms. The molecule has 1 atom stereocenters. The minimum atomic E-state index is -0.795. The van der Waals surface area contributed by atoms with Gasteiger partial charge in [-0.3, -0.25) is 9.59 Å². The summed E-state index contributed by atoms with van der Waals surface area (Å²) in [6.07, 6.45) is 0.310. The van der Waals surface area contributed by atoms with E-state index < -0.39 is 11.9 Å². The van der Waals surface area contributed by atoms with Gasteiger partial charge in [-0.15, -0.1) is 0 Å². The predicted molar refractivity (Wildman–Crippen MR) is 78.6 cm³/mol. The minimum Gasteiger partial charge on any atom is -0.493 e. The van der Waals surface area contributed by atoms with Gasteiger partial charge in [0.1, 0.15) is 11.7 Å². The number of ketones is 1. The van der Waals surface area contributed by atoms with Crippen LogP contribution in [0.4, 0.5) is 0 Å². The maximum Gasteiger partial charge on any atom is 0.316 e. The second kappa shape index (κ2) is 7.67. The van der Waals surface area contributed by atoms with Crippen LogP contribution in [-0.2, 0) is 20.7 Å². The molecule has 0 saturated heterocycles. The molecule has 1 unspecified atom stereocenters. The largest absolute Gasteiger partial charge is 0.493 e. The molecule has 0 aliphatic heterocycles. The number of methoxy groups -OCH3 is 2. The van der Waals surface area contributed by atoms with Crippen molar-refractivity contribution in [2.24, 2.45) is 5.92 Å². The topological polar surface area (TPSA) is 61.8 Å². The van der Waals surface area contributed by atoms with Crippen molar-refractivity contribution in [2.75, 3.05) is 14.2 Å². The fourth-order valence-corrected chi connectivity index (χ4v) is 1.96. The van der Waals surface area contributed by atoms with Crippen LogP contribution < -0.4 is 9.47 Å². The van der Waals surface area contributed by atoms with Gasteiger partial charge in [-0.1, -0.05) is 6.07 Å². The molecule has 0 aliphatic carbocycles. The minimum absolute atomic E-state index is 0.0322. The van der Waals surface area contributed by atoms with E-state index in [0.29, 0.717) is 11.5 Å². The van der Waals surface area contributed by atoms with Crippen LogP contribution in [0.1, 0.15) is 26.3 Å². The zero-order chi connectivity index (χ0) is 16.0. The Labute approximate surface area is 125 Å². The molecule has 0 amide bonds. The van der Waals surface area contributed by atoms with Gasteiger partial charge in [-0.25, -0.2) is 0 Å². The van der Waals surface area contributed by atoms with Gasteiger partial charge in [0, 0.05) is 0 Å². The van der Waals surface area contributed by atoms with Crippen LogP contribution in [0.25, 0.3) is 0 Å². The number of carbonyl (C=O) groups is 2. The van der Waals surface area contributed by atoms with E-state index in [1.807, 2.05) is 19.9 Å². The number of hydrogen-bond donors (Lipinski definition) is 0. The Kier molecular flexibility index (Phi) is 6.21. The summed E-state index contributed by atoms with van der Waals surface area (Å²) in [5.41, 5.74) is 0.813. The molecule has 0 spiro atoms. The Morgan fingerprint density at radius 2 is 1.81 bits per heavy atom. The number of Topliss-reactive ketones (excluding diaryl/α,β-unsaturated/α-hetero) is 1. The molecule has 21 heavy (non-hydrogen) atoms. The summed E-state index contributed by atoms with van der Waals surface area (Å²) in [7, 11) is 2.83. The summed E-state index contributed by atoms with van der Waals surface area (Å²) in [5.74, 6) is -0.328. The van der Waals surface area contributed by atoms with Crippen molar-refractivity contribution in [1.82, 2.24) is 0 Å². The van der Waals surface area contributed by atoms with Gasteiger partial charge in [0.25, 0.3) is 0 Å². The van der Waals surface area contributed by atoms with Gasteiger partial charge in [-0.05, 0) is 44.9 Å². The van der Waals surface area contributed by atoms with Crippen molar-refractivity contribution in [3.05, 3.63) is 23.8 Å². The molecule has 0 aromatic heterocycles. The molecule has 0 radical (unpaired) electrons. The average Bonchev–Trinajstić information content (AvgIpc) is 2.44. The first-order valence-electron chi connectivity index (χ1n) is 6.80. The van der Waals surface area contributed by atoms with Crippen LogP contribution in [0.5, 0.6) is 11.5 Å². The standard InChI is InChI=1S/C16H22O5/c1-10(2)21-14-7-6-12(9-15(14)19-4)8-13(11(3)17)16(18)20-5/h6-7,9-10,13H,8H2,1-5H3. The SMILES string of the molecule is COC(=O)C(Cc1ccc(OC(C)C)c(OC)c1)C(C)=O. The van der Waals surface area contributed by atoms with Gasteiger partial charge >= 0.3 is 5.97 Å². The molecule has 0 heterocycles. The Hall–Kier alpha value is -2.04. The second-order valence-corrected chi connectivity index (χ2v) is 5.04. The summed E-state index contributed by atoms with van der Waals surface area (Å²) in [4.78, 5) is 23.2. The normalized spacial score (nSPS) is 11.9. The summed E-state index contributed by atoms with van der Waals surface area (Å²) >= 11 is 0. The molecule has 5 nitrogen and oxygen atoms in total. The lowest BCUT2D eigenvalue weighted by Crippen LogP contribution is -2.25. The summed E-state index contributed by atoms with van der Waals surface area (Å²) in [6, 6.07) is 5.37. The first kappa shape index (κ1) is 17.0. The van der Waals surface area contributed by atoms with Gasteiger partial charge < -0.3 is 14.2 Å². The number of ether oxygens (including phenoxy) is 3. The number of benzene rings is 1. The molecule has 1 aromatic carbocycles. The molecular weight excluding hydrogens is 272 g/mol. The highest BCUT2D eigenvalue weighted by Crippen LogP contribution is 2.30. The molecule has 116 valence electrons. The highest BCUT2D eigenvalue weighted by atomic mass is 16.5. The summed E-state index contributed by atoms with van der Waals surface area (Å²) in [6.45, 7) is 5.24. The number of hydrogen-bond acceptors (Lipinski definition) is 5. The third-order valence-corrected chi connectivity index (χ3v) is 3.01. The average molecular weight is 294 g/mol. The first-order valence-corrected chi connectivity index (χ1v) is 6.80. The van der Waals surface area contributed by atoms with E-state index in [9.17, 15) is 9.59 Å². The number of rotatable bonds is 7. The molecule has 0 bridgehead atoms. The monoisotopic (exact) mass is 294 g/mol. The van der Waals surface area contributed by atoms with Gasteiger partial charge in [0.2, 0.25) is 0 Å². The Morgan fingerprint density at radius 1 is 1.14 bits per heavy atom. The van der Waals surface area contributed by atoms with Crippen molar-refractivity contribution in [3.8, 4) is 11.5 Å². The molecule has 0 fully saturated rings. The van der Waals surface area contributed by atoms with Crippen molar-refractivity contribution in [1.29, 1.82) is 0 Å². The van der Waals surface area contributed by atoms with E-state index in [0.717, 1.165) is 5.56 Å². The lowest BCUT2D eigenvalue weighted by Gasteiger charge is -2.16. The second-order valence-electron chi connectivity index (χ2n) is 5.04. The van der Waals surface area contributed by atoms with Crippen molar-refractivity contribution >= 4 is 11.8 Å². The predicted octanol–water partition coefficient (Wildman–Crippen LogP) is 2.40. The quantitative estimate of drug-likeness (QED) is 0.571. The van der Waals surface area contributed by atoms with Crippen LogP contribution in [0.15, 0.2) is 18.2 Å². The van der Waals surface area contributed by atoms with Crippen LogP contribution in [0, 0.1) is 5.92 Å². The fraction of sp³-hybridized carbons (Fsp3) is 0.500. The van der Waals surface area contributed by atoms with Crippen LogP contribution in [-0.4, -0.2) is 32.1 Å². The maximum atomic E-state index is 11.6. The van der Waals surface area contributed by atoms with Crippen molar-refractivity contribution < 1.29 is 23.8 Å². The zero-order valence-corrected chi connectivity index (χ0v) is 13.1. The zero-order valence-electron chi connectivity index (χ0n) is 13.1. The molecule has 0 aliphatic rings. The maximum absolute atomic E-state index is 11.6. The fourth-order valence-electron chi connectivity index (χ4n) is 1.96. The van der Waals surface area contributed by atoms with E-state index in [1.54, 1.807) is 19.2 Å². The third kappa shape index (κ3) is 4.77. The van der Waals surface area contributed by atoms with Gasteiger partial charge in [0.05, 0.1) is 20.3 Å². The number of esters is 1. The molecule has 1 aromatic rings. The van der Waals surface area contributed by atoms with E-state index in [4.69, 9.17) is 9.47 Å². The number of carbonyl (C=O) groups excluding carboxylic acids is 2. The lowest BCUT2D eigenvalue weighted by atomic mass is 9.96. The molecule has 1 rings (SSSR count). The van der Waals surface area contributed by atoms with E-state index in [-0.39, 0.29) is 18.3 Å². The summed E-state index contributed by atoms with van der Waals surface area (Å²) in [5, 5.41) is 0. The van der Waals surface area contributed by atoms with Crippen molar-refractivity contribution in [2.45, 2.75) is 33.3 Å².